The van der Waals surface area contributed by atoms with Gasteiger partial charge >= 0.3 is 10.2 Å². The highest BCUT2D eigenvalue weighted by atomic mass is 32.2. The van der Waals surface area contributed by atoms with Crippen LogP contribution in [0.2, 0.25) is 0 Å². The Morgan fingerprint density at radius 1 is 1.33 bits per heavy atom. The molecule has 15 heavy (non-hydrogen) atoms. The van der Waals surface area contributed by atoms with Crippen LogP contribution in [0.25, 0.3) is 0 Å². The summed E-state index contributed by atoms with van der Waals surface area (Å²) in [5, 5.41) is 0. The number of para-hydroxylation sites is 1. The molecule has 1 N–H and O–H groups in total. The number of carbonyl (C=O) groups excluding carboxylic acids is 1. The molecule has 2 rings (SSSR count). The average Bonchev–Trinajstić information content (AvgIpc) is 2.40. The summed E-state index contributed by atoms with van der Waals surface area (Å²) in [6, 6.07) is 7.03. The van der Waals surface area contributed by atoms with Gasteiger partial charge in [0.1, 0.15) is 14.4 Å². The molecule has 1 saturated heterocycles. The van der Waals surface area contributed by atoms with Crippen LogP contribution in [0.15, 0.2) is 24.3 Å². The van der Waals surface area contributed by atoms with Crippen LogP contribution in [-0.2, 0) is 15.0 Å². The van der Waals surface area contributed by atoms with Crippen LogP contribution in [0.3, 0.4) is 0 Å². The van der Waals surface area contributed by atoms with Gasteiger partial charge in [-0.2, -0.15) is 8.42 Å². The molecule has 1 aliphatic rings. The quantitative estimate of drug-likeness (QED) is 0.568. The molecule has 0 aromatic heterocycles. The van der Waals surface area contributed by atoms with E-state index in [0.717, 1.165) is 9.77 Å². The number of benzene rings is 1. The lowest BCUT2D eigenvalue weighted by Gasteiger charge is -2.16. The maximum absolute atomic E-state index is 11.5. The molecule has 0 saturated carbocycles. The summed E-state index contributed by atoms with van der Waals surface area (Å²) in [6.07, 6.45) is 0. The Hall–Kier alpha value is -1.50. The van der Waals surface area contributed by atoms with Crippen molar-refractivity contribution < 1.29 is 13.2 Å². The summed E-state index contributed by atoms with van der Waals surface area (Å²) in [5.74, 6) is -0.502. The Balaban J connectivity index is 2.49. The monoisotopic (exact) mass is 224 g/mol. The highest BCUT2D eigenvalue weighted by Gasteiger charge is 2.34. The first-order valence-electron chi connectivity index (χ1n) is 4.39. The molecule has 1 aliphatic heterocycles. The molecule has 1 amide bonds. The van der Waals surface area contributed by atoms with Gasteiger partial charge in [-0.15, -0.1) is 0 Å². The Morgan fingerprint density at radius 2 is 2.00 bits per heavy atom. The first-order chi connectivity index (χ1) is 7.00. The third kappa shape index (κ3) is 1.70. The Bertz CT molecular complexity index is 514. The fraction of sp³-hybridized carbons (Fsp3) is 0.125. The van der Waals surface area contributed by atoms with Crippen molar-refractivity contribution in [2.75, 3.05) is 10.8 Å². The van der Waals surface area contributed by atoms with Gasteiger partial charge in [0.05, 0.1) is 0 Å². The molecule has 0 aliphatic carbocycles. The number of nitrogens with zero attached hydrogens (tertiary/aromatic N) is 1. The zero-order chi connectivity index (χ0) is 11.1. The normalized spacial score (nSPS) is 18.9. The Labute approximate surface area is 88.7 Å². The molecule has 1 fully saturated rings. The zero-order valence-electron chi connectivity index (χ0n) is 8.10. The van der Waals surface area contributed by atoms with E-state index in [-0.39, 0.29) is 6.54 Å². The van der Waals surface area contributed by atoms with Crippen molar-refractivity contribution in [2.45, 2.75) is 0 Å². The molecule has 0 bridgehead atoms. The fourth-order valence-electron chi connectivity index (χ4n) is 1.50. The van der Waals surface area contributed by atoms with Gasteiger partial charge in [0.25, 0.3) is 5.91 Å². The van der Waals surface area contributed by atoms with Crippen LogP contribution in [-0.4, -0.2) is 28.7 Å². The van der Waals surface area contributed by atoms with Crippen LogP contribution in [0.1, 0.15) is 0 Å². The maximum Gasteiger partial charge on any atom is 0.326 e. The highest BCUT2D eigenvalue weighted by Crippen LogP contribution is 2.16. The van der Waals surface area contributed by atoms with E-state index in [2.05, 4.69) is 0 Å². The SMILES string of the molecule is Bc1ccccc1N1CC(=O)NS1(=O)=O. The standard InChI is InChI=1S/C8H9BN2O3S/c9-6-3-1-2-4-7(6)11-5-8(12)10-15(11,13)14/h1-4H,5,9H2,(H,10,12). The molecule has 78 valence electrons. The third-order valence-corrected chi connectivity index (χ3v) is 3.60. The van der Waals surface area contributed by atoms with E-state index in [1.165, 1.54) is 0 Å². The van der Waals surface area contributed by atoms with Crippen molar-refractivity contribution in [2.24, 2.45) is 0 Å². The second kappa shape index (κ2) is 3.27. The van der Waals surface area contributed by atoms with Gasteiger partial charge in [0.15, 0.2) is 0 Å². The Morgan fingerprint density at radius 3 is 2.53 bits per heavy atom. The first kappa shape index (κ1) is 10.0. The minimum absolute atomic E-state index is 0.146. The maximum atomic E-state index is 11.5. The van der Waals surface area contributed by atoms with Crippen molar-refractivity contribution in [3.63, 3.8) is 0 Å². The molecule has 0 radical (unpaired) electrons. The molecular formula is C8H9BN2O3S. The zero-order valence-corrected chi connectivity index (χ0v) is 8.91. The molecule has 0 atom stereocenters. The van der Waals surface area contributed by atoms with Gasteiger partial charge in [-0.05, 0) is 6.07 Å². The molecule has 1 aromatic carbocycles. The second-order valence-electron chi connectivity index (χ2n) is 3.32. The predicted molar refractivity (Wildman–Crippen MR) is 59.0 cm³/mol. The smallest absolute Gasteiger partial charge is 0.272 e. The van der Waals surface area contributed by atoms with E-state index < -0.39 is 16.1 Å². The lowest BCUT2D eigenvalue weighted by molar-refractivity contribution is -0.117. The molecule has 0 spiro atoms. The van der Waals surface area contributed by atoms with Gasteiger partial charge < -0.3 is 0 Å². The van der Waals surface area contributed by atoms with Crippen LogP contribution < -0.4 is 14.5 Å². The minimum Gasteiger partial charge on any atom is -0.272 e. The van der Waals surface area contributed by atoms with Crippen molar-refractivity contribution in [3.8, 4) is 0 Å². The van der Waals surface area contributed by atoms with Crippen LogP contribution >= 0.6 is 0 Å². The average molecular weight is 224 g/mol. The number of carbonyl (C=O) groups is 1. The molecule has 1 heterocycles. The van der Waals surface area contributed by atoms with E-state index >= 15 is 0 Å². The predicted octanol–water partition coefficient (Wildman–Crippen LogP) is -1.87. The summed E-state index contributed by atoms with van der Waals surface area (Å²) in [7, 11) is -1.88. The van der Waals surface area contributed by atoms with Crippen LogP contribution in [0.5, 0.6) is 0 Å². The number of hydrogen-bond donors (Lipinski definition) is 1. The number of rotatable bonds is 1. The molecule has 1 aromatic rings. The van der Waals surface area contributed by atoms with E-state index in [9.17, 15) is 13.2 Å². The van der Waals surface area contributed by atoms with Crippen LogP contribution in [0, 0.1) is 0 Å². The van der Waals surface area contributed by atoms with Crippen molar-refractivity contribution >= 4 is 35.1 Å². The van der Waals surface area contributed by atoms with Crippen molar-refractivity contribution in [3.05, 3.63) is 24.3 Å². The Kier molecular flexibility index (Phi) is 2.19. The fourth-order valence-corrected chi connectivity index (χ4v) is 2.72. The number of amides is 1. The lowest BCUT2D eigenvalue weighted by Crippen LogP contribution is -2.32. The van der Waals surface area contributed by atoms with E-state index in [1.54, 1.807) is 26.0 Å². The number of nitrogens with one attached hydrogen (secondary N) is 1. The second-order valence-corrected chi connectivity index (χ2v) is 4.92. The number of hydrogen-bond acceptors (Lipinski definition) is 3. The van der Waals surface area contributed by atoms with Gasteiger partial charge in [-0.3, -0.25) is 4.79 Å². The van der Waals surface area contributed by atoms with Crippen LogP contribution in [0.4, 0.5) is 5.69 Å². The molecule has 7 heteroatoms. The molecule has 5 nitrogen and oxygen atoms in total. The van der Waals surface area contributed by atoms with E-state index in [0.29, 0.717) is 5.69 Å². The summed E-state index contributed by atoms with van der Waals surface area (Å²) in [5.41, 5.74) is 1.36. The van der Waals surface area contributed by atoms with E-state index in [4.69, 9.17) is 0 Å². The van der Waals surface area contributed by atoms with Crippen molar-refractivity contribution in [1.29, 1.82) is 0 Å². The molecule has 0 unspecified atom stereocenters. The van der Waals surface area contributed by atoms with Gasteiger partial charge in [0.2, 0.25) is 0 Å². The first-order valence-corrected chi connectivity index (χ1v) is 5.83. The molecular weight excluding hydrogens is 215 g/mol. The minimum atomic E-state index is -3.68. The summed E-state index contributed by atoms with van der Waals surface area (Å²) in [6.45, 7) is -0.146. The topological polar surface area (TPSA) is 66.5 Å². The summed E-state index contributed by atoms with van der Waals surface area (Å²) >= 11 is 0. The van der Waals surface area contributed by atoms with Gasteiger partial charge in [-0.25, -0.2) is 9.03 Å². The van der Waals surface area contributed by atoms with Gasteiger partial charge in [0, 0.05) is 5.69 Å². The van der Waals surface area contributed by atoms with E-state index in [1.807, 2.05) is 10.8 Å². The number of anilines is 1. The highest BCUT2D eigenvalue weighted by molar-refractivity contribution is 7.92. The summed E-state index contributed by atoms with van der Waals surface area (Å²) < 4.78 is 26.0. The summed E-state index contributed by atoms with van der Waals surface area (Å²) in [4.78, 5) is 11.0. The third-order valence-electron chi connectivity index (χ3n) is 2.20. The van der Waals surface area contributed by atoms with Crippen molar-refractivity contribution in [1.82, 2.24) is 4.72 Å². The lowest BCUT2D eigenvalue weighted by atomic mass is 9.94. The van der Waals surface area contributed by atoms with Gasteiger partial charge in [-0.1, -0.05) is 23.7 Å². The largest absolute Gasteiger partial charge is 0.326 e.